The van der Waals surface area contributed by atoms with Gasteiger partial charge in [0.25, 0.3) is 11.8 Å². The number of phenolic OH excluding ortho intramolecular Hbond substituents is 1. The van der Waals surface area contributed by atoms with Crippen molar-refractivity contribution in [3.63, 3.8) is 0 Å². The molecular weight excluding hydrogens is 777 g/mol. The van der Waals surface area contributed by atoms with Crippen molar-refractivity contribution in [3.8, 4) is 17.0 Å². The first-order valence-corrected chi connectivity index (χ1v) is 21.4. The van der Waals surface area contributed by atoms with Crippen molar-refractivity contribution in [1.29, 1.82) is 0 Å². The largest absolute Gasteiger partial charge is 0.508 e. The van der Waals surface area contributed by atoms with Crippen molar-refractivity contribution >= 4 is 34.9 Å². The Morgan fingerprint density at radius 1 is 0.710 bits per heavy atom. The number of aromatic hydroxyl groups is 1. The number of phenols is 1. The van der Waals surface area contributed by atoms with E-state index in [-0.39, 0.29) is 29.6 Å². The highest BCUT2D eigenvalue weighted by atomic mass is 16.5. The molecule has 0 saturated carbocycles. The highest BCUT2D eigenvalue weighted by molar-refractivity contribution is 6.12. The zero-order valence-corrected chi connectivity index (χ0v) is 35.5. The van der Waals surface area contributed by atoms with Gasteiger partial charge in [0, 0.05) is 99.0 Å². The Balaban J connectivity index is 1.14. The van der Waals surface area contributed by atoms with Crippen LogP contribution in [0.3, 0.4) is 0 Å². The Hall–Kier alpha value is -6.69. The summed E-state index contributed by atoms with van der Waals surface area (Å²) in [5.74, 6) is -0.207. The normalized spacial score (nSPS) is 16.3. The number of urea groups is 1. The summed E-state index contributed by atoms with van der Waals surface area (Å²) in [5, 5.41) is 10.1. The Bertz CT molecular complexity index is 2600. The number of carbonyl (C=O) groups excluding carboxylic acids is 3. The van der Waals surface area contributed by atoms with Crippen LogP contribution in [0.15, 0.2) is 127 Å². The number of amides is 4. The summed E-state index contributed by atoms with van der Waals surface area (Å²) in [6, 6.07) is 40.0. The number of carbonyl (C=O) groups is 3. The minimum atomic E-state index is -0.234. The molecule has 1 aromatic heterocycles. The molecule has 1 saturated heterocycles. The van der Waals surface area contributed by atoms with E-state index in [0.717, 1.165) is 65.4 Å². The molecule has 1 N–H and O–H groups in total. The fourth-order valence-corrected chi connectivity index (χ4v) is 9.22. The fraction of sp³-hybridized carbons (Fsp3) is 0.275. The number of hydrogen-bond donors (Lipinski definition) is 1. The maximum atomic E-state index is 15.6. The summed E-state index contributed by atoms with van der Waals surface area (Å²) < 4.78 is 7.70. The minimum Gasteiger partial charge on any atom is -0.508 e. The number of anilines is 3. The molecule has 4 amide bonds. The summed E-state index contributed by atoms with van der Waals surface area (Å²) in [6.45, 7) is 6.99. The molecule has 0 spiro atoms. The van der Waals surface area contributed by atoms with Crippen LogP contribution in [0.25, 0.3) is 11.3 Å². The van der Waals surface area contributed by atoms with Crippen LogP contribution in [0.4, 0.5) is 21.9 Å². The Morgan fingerprint density at radius 2 is 1.35 bits per heavy atom. The SMILES string of the molecule is Cc1c(C(=O)N(c2ccccc2)c2ccc(O)cc2)cc(-c2cc3c(cc2C(=O)N2Cc4ccccc4C[C@H]2CN2CCOCC2)CN(C(=O)N(C)c2ccccc2)CC3)n1C. The molecule has 6 aromatic rings. The van der Waals surface area contributed by atoms with Gasteiger partial charge in [0.05, 0.1) is 18.8 Å². The number of morpholine rings is 1. The van der Waals surface area contributed by atoms with Crippen LogP contribution in [0.5, 0.6) is 5.75 Å². The van der Waals surface area contributed by atoms with Crippen LogP contribution in [0.2, 0.25) is 0 Å². The van der Waals surface area contributed by atoms with Crippen molar-refractivity contribution in [2.24, 2.45) is 7.05 Å². The fourth-order valence-electron chi connectivity index (χ4n) is 9.22. The third kappa shape index (κ3) is 7.97. The quantitative estimate of drug-likeness (QED) is 0.166. The lowest BCUT2D eigenvalue weighted by atomic mass is 9.89. The lowest BCUT2D eigenvalue weighted by molar-refractivity contribution is 0.0193. The van der Waals surface area contributed by atoms with Crippen LogP contribution in [0, 0.1) is 6.92 Å². The summed E-state index contributed by atoms with van der Waals surface area (Å²) in [5.41, 5.74) is 9.79. The van der Waals surface area contributed by atoms with Gasteiger partial charge in [-0.1, -0.05) is 60.7 Å². The summed E-state index contributed by atoms with van der Waals surface area (Å²) in [7, 11) is 3.74. The number of nitrogens with zero attached hydrogens (tertiary/aromatic N) is 6. The lowest BCUT2D eigenvalue weighted by Crippen LogP contribution is -2.52. The molecule has 1 atom stereocenters. The van der Waals surface area contributed by atoms with E-state index in [1.807, 2.05) is 107 Å². The topological polar surface area (TPSA) is 102 Å². The van der Waals surface area contributed by atoms with Crippen molar-refractivity contribution in [1.82, 2.24) is 19.3 Å². The first-order chi connectivity index (χ1) is 30.1. The van der Waals surface area contributed by atoms with Gasteiger partial charge in [-0.3, -0.25) is 24.3 Å². The van der Waals surface area contributed by atoms with Crippen molar-refractivity contribution in [3.05, 3.63) is 166 Å². The number of fused-ring (bicyclic) bond motifs is 2. The molecule has 0 aliphatic carbocycles. The number of rotatable bonds is 8. The lowest BCUT2D eigenvalue weighted by Gasteiger charge is -2.41. The molecule has 62 heavy (non-hydrogen) atoms. The number of benzene rings is 5. The van der Waals surface area contributed by atoms with Crippen LogP contribution in [-0.4, -0.2) is 94.7 Å². The molecule has 0 radical (unpaired) electrons. The predicted octanol–water partition coefficient (Wildman–Crippen LogP) is 8.20. The average Bonchev–Trinajstić information content (AvgIpc) is 3.61. The molecule has 316 valence electrons. The van der Waals surface area contributed by atoms with Gasteiger partial charge in [-0.25, -0.2) is 4.79 Å². The van der Waals surface area contributed by atoms with E-state index >= 15 is 4.79 Å². The Morgan fingerprint density at radius 3 is 2.06 bits per heavy atom. The molecule has 4 heterocycles. The number of para-hydroxylation sites is 2. The molecular formula is C51H52N6O5. The smallest absolute Gasteiger partial charge is 0.324 e. The summed E-state index contributed by atoms with van der Waals surface area (Å²) in [4.78, 5) is 54.0. The summed E-state index contributed by atoms with van der Waals surface area (Å²) >= 11 is 0. The zero-order chi connectivity index (χ0) is 42.9. The second kappa shape index (κ2) is 17.4. The van der Waals surface area contributed by atoms with Gasteiger partial charge < -0.3 is 24.2 Å². The molecule has 11 heteroatoms. The van der Waals surface area contributed by atoms with E-state index in [1.54, 1.807) is 41.1 Å². The molecule has 11 nitrogen and oxygen atoms in total. The van der Waals surface area contributed by atoms with E-state index in [2.05, 4.69) is 29.2 Å². The van der Waals surface area contributed by atoms with Gasteiger partial charge in [0.15, 0.2) is 0 Å². The first kappa shape index (κ1) is 40.7. The van der Waals surface area contributed by atoms with Crippen molar-refractivity contribution in [2.45, 2.75) is 38.9 Å². The Kier molecular flexibility index (Phi) is 11.4. The second-order valence-electron chi connectivity index (χ2n) is 16.6. The molecule has 0 bridgehead atoms. The third-order valence-corrected chi connectivity index (χ3v) is 12.8. The standard InChI is InChI=1S/C51H52N6O5/c1-35-45(50(60)57(41-16-8-5-9-17-41)42-18-20-44(58)21-19-42)31-48(52(35)2)46-29-37-22-23-55(51(61)53(3)40-14-6-4-7-15-40)32-39(37)30-47(46)49(59)56-33-38-13-11-10-12-36(38)28-43(56)34-54-24-26-62-27-25-54/h4-21,29-31,43,58H,22-28,32-34H2,1-3H3/t43-/m0/s1. The van der Waals surface area contributed by atoms with E-state index in [1.165, 1.54) is 5.56 Å². The third-order valence-electron chi connectivity index (χ3n) is 12.8. The van der Waals surface area contributed by atoms with Gasteiger partial charge in [-0.05, 0) is 109 Å². The predicted molar refractivity (Wildman–Crippen MR) is 242 cm³/mol. The van der Waals surface area contributed by atoms with E-state index in [9.17, 15) is 14.7 Å². The van der Waals surface area contributed by atoms with Crippen molar-refractivity contribution < 1.29 is 24.2 Å². The van der Waals surface area contributed by atoms with Crippen LogP contribution in [0.1, 0.15) is 48.7 Å². The molecule has 0 unspecified atom stereocenters. The van der Waals surface area contributed by atoms with E-state index in [4.69, 9.17) is 4.74 Å². The first-order valence-electron chi connectivity index (χ1n) is 21.4. The molecule has 5 aromatic carbocycles. The second-order valence-corrected chi connectivity index (χ2v) is 16.6. The van der Waals surface area contributed by atoms with Gasteiger partial charge in [0.2, 0.25) is 0 Å². The average molecular weight is 829 g/mol. The van der Waals surface area contributed by atoms with Crippen LogP contribution >= 0.6 is 0 Å². The minimum absolute atomic E-state index is 0.0750. The number of aromatic nitrogens is 1. The highest BCUT2D eigenvalue weighted by Gasteiger charge is 2.35. The maximum Gasteiger partial charge on any atom is 0.324 e. The van der Waals surface area contributed by atoms with Crippen molar-refractivity contribution in [2.75, 3.05) is 56.2 Å². The highest BCUT2D eigenvalue weighted by Crippen LogP contribution is 2.37. The zero-order valence-electron chi connectivity index (χ0n) is 35.5. The summed E-state index contributed by atoms with van der Waals surface area (Å²) in [6.07, 6.45) is 1.35. The number of ether oxygens (including phenoxy) is 1. The van der Waals surface area contributed by atoms with E-state index in [0.29, 0.717) is 61.8 Å². The molecule has 9 rings (SSSR count). The maximum absolute atomic E-state index is 15.6. The molecule has 1 fully saturated rings. The monoisotopic (exact) mass is 828 g/mol. The van der Waals surface area contributed by atoms with Crippen LogP contribution < -0.4 is 9.80 Å². The van der Waals surface area contributed by atoms with Gasteiger partial charge >= 0.3 is 6.03 Å². The molecule has 3 aliphatic heterocycles. The van der Waals surface area contributed by atoms with Gasteiger partial charge in [-0.2, -0.15) is 0 Å². The van der Waals surface area contributed by atoms with Crippen LogP contribution in [-0.2, 0) is 37.7 Å². The molecule has 3 aliphatic rings. The van der Waals surface area contributed by atoms with E-state index < -0.39 is 0 Å². The van der Waals surface area contributed by atoms with Gasteiger partial charge in [0.1, 0.15) is 5.75 Å². The number of hydrogen-bond acceptors (Lipinski definition) is 6. The van der Waals surface area contributed by atoms with Gasteiger partial charge in [-0.15, -0.1) is 0 Å². The Labute approximate surface area is 363 Å².